The van der Waals surface area contributed by atoms with Crippen LogP contribution in [0.2, 0.25) is 5.02 Å². The van der Waals surface area contributed by atoms with Gasteiger partial charge in [-0.05, 0) is 48.6 Å². The van der Waals surface area contributed by atoms with Gasteiger partial charge in [0.25, 0.3) is 0 Å². The van der Waals surface area contributed by atoms with Gasteiger partial charge >= 0.3 is 5.69 Å². The van der Waals surface area contributed by atoms with Crippen molar-refractivity contribution in [3.8, 4) is 10.7 Å². The van der Waals surface area contributed by atoms with Crippen LogP contribution in [-0.4, -0.2) is 51.3 Å². The Balaban J connectivity index is 1.28. The highest BCUT2D eigenvalue weighted by Crippen LogP contribution is 2.37. The van der Waals surface area contributed by atoms with Gasteiger partial charge in [-0.3, -0.25) is 9.36 Å². The first-order valence-corrected chi connectivity index (χ1v) is 11.4. The number of benzene rings is 1. The van der Waals surface area contributed by atoms with E-state index in [0.717, 1.165) is 36.5 Å². The van der Waals surface area contributed by atoms with Crippen molar-refractivity contribution in [1.82, 2.24) is 19.2 Å². The maximum atomic E-state index is 12.9. The third-order valence-electron chi connectivity index (χ3n) is 5.63. The number of piperazine rings is 1. The molecule has 156 valence electrons. The van der Waals surface area contributed by atoms with Gasteiger partial charge < -0.3 is 9.80 Å². The van der Waals surface area contributed by atoms with Crippen LogP contribution in [0.4, 0.5) is 5.69 Å². The van der Waals surface area contributed by atoms with Crippen molar-refractivity contribution in [3.63, 3.8) is 0 Å². The average Bonchev–Trinajstić information content (AvgIpc) is 3.34. The number of thiophene rings is 1. The molecule has 1 aromatic carbocycles. The summed E-state index contributed by atoms with van der Waals surface area (Å²) in [5.74, 6) is 0.615. The molecule has 3 aromatic rings. The summed E-state index contributed by atoms with van der Waals surface area (Å²) in [7, 11) is 0. The SMILES string of the molecule is O=C(Cn1nc(-c2cccs2)n(C2CC2)c1=O)N1CCN(c2ccc(Cl)cc2)CC1. The zero-order chi connectivity index (χ0) is 20.7. The lowest BCUT2D eigenvalue weighted by atomic mass is 10.2. The minimum Gasteiger partial charge on any atom is -0.368 e. The van der Waals surface area contributed by atoms with Crippen LogP contribution >= 0.6 is 22.9 Å². The molecule has 9 heteroatoms. The molecule has 3 heterocycles. The van der Waals surface area contributed by atoms with Crippen molar-refractivity contribution in [2.24, 2.45) is 0 Å². The summed E-state index contributed by atoms with van der Waals surface area (Å²) < 4.78 is 3.10. The van der Waals surface area contributed by atoms with E-state index in [1.54, 1.807) is 15.9 Å². The number of aromatic nitrogens is 3. The van der Waals surface area contributed by atoms with Crippen LogP contribution in [0.15, 0.2) is 46.6 Å². The van der Waals surface area contributed by atoms with Crippen molar-refractivity contribution >= 4 is 34.5 Å². The highest BCUT2D eigenvalue weighted by Gasteiger charge is 2.31. The number of rotatable bonds is 5. The van der Waals surface area contributed by atoms with Gasteiger partial charge in [0.05, 0.1) is 4.88 Å². The molecule has 0 atom stereocenters. The number of nitrogens with zero attached hydrogens (tertiary/aromatic N) is 5. The third kappa shape index (κ3) is 3.77. The Bertz CT molecular complexity index is 1090. The predicted octanol–water partition coefficient (Wildman–Crippen LogP) is 3.11. The summed E-state index contributed by atoms with van der Waals surface area (Å²) in [4.78, 5) is 30.8. The van der Waals surface area contributed by atoms with Crippen molar-refractivity contribution < 1.29 is 4.79 Å². The molecule has 2 aliphatic rings. The van der Waals surface area contributed by atoms with E-state index in [2.05, 4.69) is 10.00 Å². The van der Waals surface area contributed by atoms with Crippen molar-refractivity contribution in [2.75, 3.05) is 31.1 Å². The van der Waals surface area contributed by atoms with Gasteiger partial charge in [0, 0.05) is 42.9 Å². The van der Waals surface area contributed by atoms with E-state index in [0.29, 0.717) is 23.9 Å². The predicted molar refractivity (Wildman–Crippen MR) is 118 cm³/mol. The molecule has 0 bridgehead atoms. The van der Waals surface area contributed by atoms with Gasteiger partial charge in [-0.2, -0.15) is 0 Å². The highest BCUT2D eigenvalue weighted by molar-refractivity contribution is 7.13. The minimum atomic E-state index is -0.186. The molecule has 1 aliphatic heterocycles. The summed E-state index contributed by atoms with van der Waals surface area (Å²) in [5, 5.41) is 7.21. The molecule has 0 radical (unpaired) electrons. The molecular formula is C21H22ClN5O2S. The molecule has 1 saturated carbocycles. The molecule has 1 aliphatic carbocycles. The van der Waals surface area contributed by atoms with Gasteiger partial charge in [0.2, 0.25) is 5.91 Å². The van der Waals surface area contributed by atoms with Crippen molar-refractivity contribution in [2.45, 2.75) is 25.4 Å². The molecule has 7 nitrogen and oxygen atoms in total. The van der Waals surface area contributed by atoms with E-state index >= 15 is 0 Å². The van der Waals surface area contributed by atoms with Crippen LogP contribution in [0, 0.1) is 0 Å². The standard InChI is InChI=1S/C21H22ClN5O2S/c22-15-3-5-16(6-4-15)24-9-11-25(12-10-24)19(28)14-26-21(29)27(17-7-8-17)20(23-26)18-2-1-13-30-18/h1-6,13,17H,7-12,14H2. The summed E-state index contributed by atoms with van der Waals surface area (Å²) >= 11 is 7.53. The number of carbonyl (C=O) groups is 1. The van der Waals surface area contributed by atoms with E-state index < -0.39 is 0 Å². The Kier molecular flexibility index (Phi) is 5.12. The third-order valence-corrected chi connectivity index (χ3v) is 6.75. The molecule has 2 fully saturated rings. The molecule has 0 unspecified atom stereocenters. The van der Waals surface area contributed by atoms with Crippen LogP contribution in [0.5, 0.6) is 0 Å². The molecule has 5 rings (SSSR count). The first-order valence-electron chi connectivity index (χ1n) is 10.1. The number of hydrogen-bond donors (Lipinski definition) is 0. The molecular weight excluding hydrogens is 422 g/mol. The quantitative estimate of drug-likeness (QED) is 0.607. The summed E-state index contributed by atoms with van der Waals surface area (Å²) in [6, 6.07) is 11.9. The van der Waals surface area contributed by atoms with Gasteiger partial charge in [0.15, 0.2) is 5.82 Å². The van der Waals surface area contributed by atoms with E-state index in [-0.39, 0.29) is 24.2 Å². The van der Waals surface area contributed by atoms with Crippen LogP contribution in [0.25, 0.3) is 10.7 Å². The zero-order valence-electron chi connectivity index (χ0n) is 16.4. The second-order valence-corrected chi connectivity index (χ2v) is 9.07. The number of amides is 1. The topological polar surface area (TPSA) is 63.4 Å². The maximum absolute atomic E-state index is 12.9. The number of anilines is 1. The Hall–Kier alpha value is -2.58. The lowest BCUT2D eigenvalue weighted by Gasteiger charge is -2.36. The van der Waals surface area contributed by atoms with Crippen molar-refractivity contribution in [3.05, 3.63) is 57.3 Å². The summed E-state index contributed by atoms with van der Waals surface area (Å²) in [5.41, 5.74) is 0.917. The van der Waals surface area contributed by atoms with E-state index in [1.807, 2.05) is 46.7 Å². The first-order chi connectivity index (χ1) is 14.6. The Morgan fingerprint density at radius 1 is 1.10 bits per heavy atom. The Morgan fingerprint density at radius 3 is 2.47 bits per heavy atom. The molecule has 30 heavy (non-hydrogen) atoms. The second kappa shape index (κ2) is 7.92. The van der Waals surface area contributed by atoms with E-state index in [1.165, 1.54) is 4.68 Å². The molecule has 1 saturated heterocycles. The lowest BCUT2D eigenvalue weighted by molar-refractivity contribution is -0.132. The van der Waals surface area contributed by atoms with Crippen LogP contribution in [0.3, 0.4) is 0 Å². The molecule has 1 amide bonds. The Morgan fingerprint density at radius 2 is 1.83 bits per heavy atom. The molecule has 0 spiro atoms. The normalized spacial score (nSPS) is 16.8. The highest BCUT2D eigenvalue weighted by atomic mass is 35.5. The summed E-state index contributed by atoms with van der Waals surface area (Å²) in [6.07, 6.45) is 1.98. The van der Waals surface area contributed by atoms with Crippen LogP contribution in [-0.2, 0) is 11.3 Å². The number of carbonyl (C=O) groups excluding carboxylic acids is 1. The number of hydrogen-bond acceptors (Lipinski definition) is 5. The van der Waals surface area contributed by atoms with Crippen molar-refractivity contribution in [1.29, 1.82) is 0 Å². The van der Waals surface area contributed by atoms with Crippen LogP contribution < -0.4 is 10.6 Å². The molecule has 0 N–H and O–H groups in total. The lowest BCUT2D eigenvalue weighted by Crippen LogP contribution is -2.50. The van der Waals surface area contributed by atoms with Crippen LogP contribution in [0.1, 0.15) is 18.9 Å². The van der Waals surface area contributed by atoms with Gasteiger partial charge in [-0.1, -0.05) is 17.7 Å². The monoisotopic (exact) mass is 443 g/mol. The smallest absolute Gasteiger partial charge is 0.346 e. The first kappa shape index (κ1) is 19.4. The minimum absolute atomic E-state index is 0.0160. The fourth-order valence-corrected chi connectivity index (χ4v) is 4.68. The maximum Gasteiger partial charge on any atom is 0.346 e. The summed E-state index contributed by atoms with van der Waals surface area (Å²) in [6.45, 7) is 2.73. The van der Waals surface area contributed by atoms with Gasteiger partial charge in [-0.25, -0.2) is 9.48 Å². The van der Waals surface area contributed by atoms with Gasteiger partial charge in [0.1, 0.15) is 6.54 Å². The molecule has 2 aromatic heterocycles. The Labute approximate surface area is 183 Å². The van der Waals surface area contributed by atoms with Gasteiger partial charge in [-0.15, -0.1) is 16.4 Å². The second-order valence-electron chi connectivity index (χ2n) is 7.69. The fourth-order valence-electron chi connectivity index (χ4n) is 3.85. The largest absolute Gasteiger partial charge is 0.368 e. The zero-order valence-corrected chi connectivity index (χ0v) is 18.0. The van der Waals surface area contributed by atoms with E-state index in [4.69, 9.17) is 11.6 Å². The fraction of sp³-hybridized carbons (Fsp3) is 0.381. The average molecular weight is 444 g/mol. The number of halogens is 1. The van der Waals surface area contributed by atoms with E-state index in [9.17, 15) is 9.59 Å².